The number of hydrogen-bond acceptors (Lipinski definition) is 5. The molecule has 61 heavy (non-hydrogen) atoms. The van der Waals surface area contributed by atoms with Gasteiger partial charge in [-0.3, -0.25) is 4.79 Å². The molecule has 0 atom stereocenters. The van der Waals surface area contributed by atoms with Crippen LogP contribution in [0.2, 0.25) is 0 Å². The van der Waals surface area contributed by atoms with E-state index in [4.69, 9.17) is 13.9 Å². The number of rotatable bonds is 37. The molecular weight excluding hydrogens is 753 g/mol. The largest absolute Gasteiger partial charge is 0.493 e. The first-order chi connectivity index (χ1) is 30.1. The van der Waals surface area contributed by atoms with Crippen molar-refractivity contribution in [3.8, 4) is 28.2 Å². The van der Waals surface area contributed by atoms with Crippen molar-refractivity contribution in [2.24, 2.45) is 0 Å². The van der Waals surface area contributed by atoms with Crippen LogP contribution in [0.3, 0.4) is 0 Å². The molecule has 0 bridgehead atoms. The second-order valence-electron chi connectivity index (χ2n) is 17.9. The maximum Gasteiger partial charge on any atom is 0.338 e. The molecule has 0 aromatic heterocycles. The molecule has 0 spiro atoms. The fourth-order valence-corrected chi connectivity index (χ4v) is 8.84. The summed E-state index contributed by atoms with van der Waals surface area (Å²) in [6, 6.07) is 18.4. The van der Waals surface area contributed by atoms with Gasteiger partial charge in [-0.1, -0.05) is 225 Å². The lowest BCUT2D eigenvalue weighted by molar-refractivity contribution is 0.0498. The van der Waals surface area contributed by atoms with Crippen LogP contribution in [0.5, 0.6) is 5.75 Å². The van der Waals surface area contributed by atoms with Gasteiger partial charge in [0.2, 0.25) is 0 Å². The molecule has 1 aliphatic carbocycles. The third-order valence-corrected chi connectivity index (χ3v) is 12.6. The third-order valence-electron chi connectivity index (χ3n) is 12.6. The highest BCUT2D eigenvalue weighted by Crippen LogP contribution is 2.42. The number of fused-ring (bicyclic) bond motifs is 2. The van der Waals surface area contributed by atoms with E-state index in [1.165, 1.54) is 192 Å². The molecule has 338 valence electrons. The molecule has 2 aromatic carbocycles. The maximum absolute atomic E-state index is 13.6. The average Bonchev–Trinajstić information content (AvgIpc) is 3.27. The Labute approximate surface area is 371 Å². The second-order valence-corrected chi connectivity index (χ2v) is 17.9. The summed E-state index contributed by atoms with van der Waals surface area (Å²) in [5.41, 5.74) is 3.42. The number of hydrogen-bond donors (Lipinski definition) is 0. The molecule has 0 amide bonds. The highest BCUT2D eigenvalue weighted by Gasteiger charge is 2.22. The predicted octanol–water partition coefficient (Wildman–Crippen LogP) is 17.6. The first-order valence-corrected chi connectivity index (χ1v) is 25.5. The van der Waals surface area contributed by atoms with Crippen molar-refractivity contribution in [2.45, 2.75) is 219 Å². The summed E-state index contributed by atoms with van der Waals surface area (Å²) in [4.78, 5) is 26.1. The molecule has 0 fully saturated rings. The van der Waals surface area contributed by atoms with E-state index in [1.54, 1.807) is 12.1 Å². The number of esters is 1. The minimum Gasteiger partial charge on any atom is -0.493 e. The SMILES string of the molecule is CCCCCCCCCCCCCCCCCCOC(=O)c1ccccc1-c1c2ccc(=O)cc-2oc2cc(OCCCCCCCCCCCCCCCCCC)ccc12. The van der Waals surface area contributed by atoms with Gasteiger partial charge in [-0.15, -0.1) is 0 Å². The predicted molar refractivity (Wildman–Crippen MR) is 259 cm³/mol. The smallest absolute Gasteiger partial charge is 0.338 e. The molecule has 5 nitrogen and oxygen atoms in total. The molecule has 5 heteroatoms. The van der Waals surface area contributed by atoms with Crippen LogP contribution in [0.1, 0.15) is 230 Å². The fraction of sp³-hybridized carbons (Fsp3) is 0.643. The van der Waals surface area contributed by atoms with Crippen LogP contribution in [-0.4, -0.2) is 19.2 Å². The van der Waals surface area contributed by atoms with Crippen LogP contribution in [0.15, 0.2) is 69.9 Å². The van der Waals surface area contributed by atoms with Crippen molar-refractivity contribution >= 4 is 16.9 Å². The zero-order valence-corrected chi connectivity index (χ0v) is 38.9. The summed E-state index contributed by atoms with van der Waals surface area (Å²) in [6.45, 7) is 5.64. The van der Waals surface area contributed by atoms with Crippen molar-refractivity contribution in [1.82, 2.24) is 0 Å². The van der Waals surface area contributed by atoms with Crippen LogP contribution < -0.4 is 10.2 Å². The van der Waals surface area contributed by atoms with E-state index in [0.29, 0.717) is 30.1 Å². The average molecular weight is 837 g/mol. The maximum atomic E-state index is 13.6. The topological polar surface area (TPSA) is 65.7 Å². The Morgan fingerprint density at radius 3 is 1.44 bits per heavy atom. The first-order valence-electron chi connectivity index (χ1n) is 25.5. The highest BCUT2D eigenvalue weighted by atomic mass is 16.5. The van der Waals surface area contributed by atoms with Crippen molar-refractivity contribution in [3.63, 3.8) is 0 Å². The van der Waals surface area contributed by atoms with Gasteiger partial charge in [-0.05, 0) is 48.7 Å². The zero-order chi connectivity index (χ0) is 43.0. The van der Waals surface area contributed by atoms with Gasteiger partial charge in [-0.25, -0.2) is 4.79 Å². The van der Waals surface area contributed by atoms with Crippen LogP contribution in [-0.2, 0) is 4.74 Å². The van der Waals surface area contributed by atoms with Gasteiger partial charge in [0.05, 0.1) is 18.8 Å². The molecule has 0 saturated heterocycles. The normalized spacial score (nSPS) is 11.5. The molecule has 0 N–H and O–H groups in total. The summed E-state index contributed by atoms with van der Waals surface area (Å²) < 4.78 is 18.4. The quantitative estimate of drug-likeness (QED) is 0.0257. The van der Waals surface area contributed by atoms with Gasteiger partial charge in [0.25, 0.3) is 0 Å². The summed E-state index contributed by atoms with van der Waals surface area (Å²) in [6.07, 6.45) is 42.4. The standard InChI is InChI=1S/C56H84O5/c1-3-5-7-9-11-13-15-17-19-21-23-25-27-29-31-35-43-59-48-40-42-52-54(46-48)61-53-45-47(57)39-41-51(53)55(52)49-37-33-34-38-50(49)56(58)60-44-36-32-30-28-26-24-22-20-18-16-14-12-10-8-6-4-2/h33-34,37-42,45-46H,3-32,35-36,43-44H2,1-2H3. The monoisotopic (exact) mass is 837 g/mol. The van der Waals surface area contributed by atoms with E-state index in [0.717, 1.165) is 47.1 Å². The minimum atomic E-state index is -0.321. The molecule has 0 unspecified atom stereocenters. The summed E-state index contributed by atoms with van der Waals surface area (Å²) >= 11 is 0. The third kappa shape index (κ3) is 20.0. The fourth-order valence-electron chi connectivity index (χ4n) is 8.84. The summed E-state index contributed by atoms with van der Waals surface area (Å²) in [5, 5.41) is 0.860. The van der Waals surface area contributed by atoms with Gasteiger partial charge in [-0.2, -0.15) is 0 Å². The molecule has 2 aliphatic rings. The van der Waals surface area contributed by atoms with Gasteiger partial charge >= 0.3 is 5.97 Å². The molecule has 0 saturated carbocycles. The lowest BCUT2D eigenvalue weighted by Crippen LogP contribution is -2.09. The minimum absolute atomic E-state index is 0.121. The molecule has 1 aliphatic heterocycles. The van der Waals surface area contributed by atoms with Gasteiger partial charge < -0.3 is 13.9 Å². The van der Waals surface area contributed by atoms with E-state index < -0.39 is 0 Å². The van der Waals surface area contributed by atoms with E-state index in [2.05, 4.69) is 13.8 Å². The molecule has 4 rings (SSSR count). The van der Waals surface area contributed by atoms with Crippen LogP contribution >= 0.6 is 0 Å². The van der Waals surface area contributed by atoms with E-state index in [9.17, 15) is 9.59 Å². The number of carbonyl (C=O) groups excluding carboxylic acids is 1. The lowest BCUT2D eigenvalue weighted by Gasteiger charge is -2.18. The lowest BCUT2D eigenvalue weighted by atomic mass is 9.91. The van der Waals surface area contributed by atoms with Crippen molar-refractivity contribution in [2.75, 3.05) is 13.2 Å². The number of unbranched alkanes of at least 4 members (excludes halogenated alkanes) is 30. The van der Waals surface area contributed by atoms with Gasteiger partial charge in [0.1, 0.15) is 17.1 Å². The first kappa shape index (κ1) is 50.0. The highest BCUT2D eigenvalue weighted by molar-refractivity contribution is 6.07. The van der Waals surface area contributed by atoms with Crippen molar-refractivity contribution in [1.29, 1.82) is 0 Å². The van der Waals surface area contributed by atoms with Crippen molar-refractivity contribution in [3.05, 3.63) is 76.5 Å². The zero-order valence-electron chi connectivity index (χ0n) is 38.9. The molecule has 1 heterocycles. The molecular formula is C56H84O5. The van der Waals surface area contributed by atoms with E-state index in [-0.39, 0.29) is 11.4 Å². The van der Waals surface area contributed by atoms with Crippen LogP contribution in [0.4, 0.5) is 0 Å². The van der Waals surface area contributed by atoms with Crippen LogP contribution in [0, 0.1) is 0 Å². The van der Waals surface area contributed by atoms with Crippen LogP contribution in [0.25, 0.3) is 33.4 Å². The Balaban J connectivity index is 1.17. The number of carbonyl (C=O) groups is 1. The number of ether oxygens (including phenoxy) is 2. The van der Waals surface area contributed by atoms with Crippen molar-refractivity contribution < 1.29 is 18.7 Å². The summed E-state index contributed by atoms with van der Waals surface area (Å²) in [7, 11) is 0. The second kappa shape index (κ2) is 32.1. The Kier molecular flexibility index (Phi) is 26.4. The number of benzene rings is 3. The molecule has 2 aromatic rings. The Morgan fingerprint density at radius 1 is 0.475 bits per heavy atom. The van der Waals surface area contributed by atoms with E-state index >= 15 is 0 Å². The van der Waals surface area contributed by atoms with E-state index in [1.807, 2.05) is 42.5 Å². The van der Waals surface area contributed by atoms with Gasteiger partial charge in [0.15, 0.2) is 5.43 Å². The molecule has 0 radical (unpaired) electrons. The Hall–Kier alpha value is -3.60. The van der Waals surface area contributed by atoms with Gasteiger partial charge in [0, 0.05) is 28.6 Å². The summed E-state index contributed by atoms with van der Waals surface area (Å²) in [5.74, 6) is 0.909. The Bertz CT molecular complexity index is 1760. The Morgan fingerprint density at radius 2 is 0.934 bits per heavy atom.